The van der Waals surface area contributed by atoms with Crippen LogP contribution in [0.1, 0.15) is 0 Å². The molecular formula is C51H30N4O. The first kappa shape index (κ1) is 30.8. The van der Waals surface area contributed by atoms with Crippen molar-refractivity contribution in [3.05, 3.63) is 182 Å². The van der Waals surface area contributed by atoms with Crippen molar-refractivity contribution in [3.63, 3.8) is 0 Å². The molecule has 0 aliphatic carbocycles. The number of benzene rings is 9. The maximum Gasteiger partial charge on any atom is 0.165 e. The molecule has 0 N–H and O–H groups in total. The van der Waals surface area contributed by atoms with Crippen LogP contribution in [-0.4, -0.2) is 19.5 Å². The highest BCUT2D eigenvalue weighted by Gasteiger charge is 2.22. The quantitative estimate of drug-likeness (QED) is 0.182. The standard InChI is InChI=1S/C51H30N4O/c1-2-14-32(15-3-1)49-52-50(40-23-12-19-31-13-6-8-20-37(31)40)54-51(53-49)48-38-21-9-7-18-35(38)29-46-47(48)41-26-25-36(30-45(41)56-46)55-43-24-11-10-22-39(43)42-27-33-16-4-5-17-34(33)28-44(42)55/h1-30H. The Morgan fingerprint density at radius 3 is 1.89 bits per heavy atom. The minimum atomic E-state index is 0.602. The molecule has 5 nitrogen and oxygen atoms in total. The van der Waals surface area contributed by atoms with E-state index in [1.165, 1.54) is 21.5 Å². The van der Waals surface area contributed by atoms with Crippen molar-refractivity contribution in [2.45, 2.75) is 0 Å². The molecule has 0 fully saturated rings. The fourth-order valence-electron chi connectivity index (χ4n) is 8.64. The Hall–Kier alpha value is -7.63. The molecule has 0 aliphatic heterocycles. The Balaban J connectivity index is 1.14. The fraction of sp³-hybridized carbons (Fsp3) is 0. The smallest absolute Gasteiger partial charge is 0.165 e. The lowest BCUT2D eigenvalue weighted by Crippen LogP contribution is -2.01. The summed E-state index contributed by atoms with van der Waals surface area (Å²) < 4.78 is 9.22. The van der Waals surface area contributed by atoms with Gasteiger partial charge in [0, 0.05) is 50.0 Å². The summed E-state index contributed by atoms with van der Waals surface area (Å²) in [5.74, 6) is 1.85. The molecule has 9 aromatic carbocycles. The van der Waals surface area contributed by atoms with Crippen molar-refractivity contribution < 1.29 is 4.42 Å². The highest BCUT2D eigenvalue weighted by atomic mass is 16.3. The SMILES string of the molecule is c1ccc(-c2nc(-c3cccc4ccccc34)nc(-c3c4ccccc4cc4oc5cc(-n6c7ccccc7c7cc8ccccc8cc76)ccc5c34)n2)cc1. The summed E-state index contributed by atoms with van der Waals surface area (Å²) >= 11 is 0. The molecule has 0 spiro atoms. The van der Waals surface area contributed by atoms with E-state index in [0.717, 1.165) is 76.9 Å². The lowest BCUT2D eigenvalue weighted by atomic mass is 9.97. The first-order valence-electron chi connectivity index (χ1n) is 18.9. The van der Waals surface area contributed by atoms with E-state index in [1.807, 2.05) is 18.2 Å². The van der Waals surface area contributed by atoms with Crippen molar-refractivity contribution >= 4 is 76.1 Å². The predicted octanol–water partition coefficient (Wildman–Crippen LogP) is 13.3. The predicted molar refractivity (Wildman–Crippen MR) is 230 cm³/mol. The van der Waals surface area contributed by atoms with Gasteiger partial charge in [-0.05, 0) is 68.7 Å². The zero-order chi connectivity index (χ0) is 36.7. The number of aromatic nitrogens is 4. The van der Waals surface area contributed by atoms with E-state index >= 15 is 0 Å². The highest BCUT2D eigenvalue weighted by molar-refractivity contribution is 6.20. The Bertz CT molecular complexity index is 3540. The fourth-order valence-corrected chi connectivity index (χ4v) is 8.64. The van der Waals surface area contributed by atoms with Crippen LogP contribution in [0.25, 0.3) is 116 Å². The van der Waals surface area contributed by atoms with Crippen molar-refractivity contribution in [2.75, 3.05) is 0 Å². The van der Waals surface area contributed by atoms with Crippen LogP contribution >= 0.6 is 0 Å². The van der Waals surface area contributed by atoms with Crippen LogP contribution in [-0.2, 0) is 0 Å². The van der Waals surface area contributed by atoms with Gasteiger partial charge in [0.05, 0.1) is 11.0 Å². The van der Waals surface area contributed by atoms with Gasteiger partial charge in [0.15, 0.2) is 17.5 Å². The number of furan rings is 1. The first-order valence-corrected chi connectivity index (χ1v) is 18.9. The maximum atomic E-state index is 6.86. The third kappa shape index (κ3) is 4.64. The lowest BCUT2D eigenvalue weighted by molar-refractivity contribution is 0.669. The number of hydrogen-bond donors (Lipinski definition) is 0. The second-order valence-electron chi connectivity index (χ2n) is 14.4. The van der Waals surface area contributed by atoms with Gasteiger partial charge < -0.3 is 8.98 Å². The first-order chi connectivity index (χ1) is 27.7. The maximum absolute atomic E-state index is 6.86. The van der Waals surface area contributed by atoms with Gasteiger partial charge >= 0.3 is 0 Å². The van der Waals surface area contributed by atoms with Crippen molar-refractivity contribution in [1.82, 2.24) is 19.5 Å². The van der Waals surface area contributed by atoms with E-state index in [-0.39, 0.29) is 0 Å². The van der Waals surface area contributed by atoms with Crippen molar-refractivity contribution in [3.8, 4) is 39.9 Å². The molecule has 12 rings (SSSR count). The van der Waals surface area contributed by atoms with Crippen LogP contribution in [0.4, 0.5) is 0 Å². The second kappa shape index (κ2) is 11.9. The van der Waals surface area contributed by atoms with Gasteiger partial charge in [0.1, 0.15) is 11.2 Å². The Kier molecular flexibility index (Phi) is 6.56. The molecule has 0 aliphatic rings. The summed E-state index contributed by atoms with van der Waals surface area (Å²) in [5.41, 5.74) is 7.74. The van der Waals surface area contributed by atoms with Gasteiger partial charge in [-0.25, -0.2) is 15.0 Å². The number of hydrogen-bond acceptors (Lipinski definition) is 4. The van der Waals surface area contributed by atoms with Crippen LogP contribution < -0.4 is 0 Å². The molecule has 0 bridgehead atoms. The molecule has 0 saturated heterocycles. The van der Waals surface area contributed by atoms with Gasteiger partial charge in [0.2, 0.25) is 0 Å². The molecule has 260 valence electrons. The van der Waals surface area contributed by atoms with E-state index in [2.05, 4.69) is 168 Å². The van der Waals surface area contributed by atoms with Crippen molar-refractivity contribution in [2.24, 2.45) is 0 Å². The highest BCUT2D eigenvalue weighted by Crippen LogP contribution is 2.43. The van der Waals surface area contributed by atoms with Gasteiger partial charge in [0.25, 0.3) is 0 Å². The zero-order valence-electron chi connectivity index (χ0n) is 30.0. The van der Waals surface area contributed by atoms with E-state index in [9.17, 15) is 0 Å². The molecule has 0 saturated carbocycles. The summed E-state index contributed by atoms with van der Waals surface area (Å²) in [7, 11) is 0. The number of rotatable bonds is 4. The third-order valence-corrected chi connectivity index (χ3v) is 11.2. The van der Waals surface area contributed by atoms with Crippen LogP contribution in [0.3, 0.4) is 0 Å². The van der Waals surface area contributed by atoms with Gasteiger partial charge in [-0.1, -0.05) is 140 Å². The summed E-state index contributed by atoms with van der Waals surface area (Å²) in [6, 6.07) is 63.8. The lowest BCUT2D eigenvalue weighted by Gasteiger charge is -2.13. The minimum Gasteiger partial charge on any atom is -0.456 e. The van der Waals surface area contributed by atoms with Gasteiger partial charge in [-0.15, -0.1) is 0 Å². The summed E-state index contributed by atoms with van der Waals surface area (Å²) in [6.07, 6.45) is 0. The van der Waals surface area contributed by atoms with Crippen LogP contribution in [0, 0.1) is 0 Å². The summed E-state index contributed by atoms with van der Waals surface area (Å²) in [4.78, 5) is 15.7. The Morgan fingerprint density at radius 1 is 0.375 bits per heavy atom. The Morgan fingerprint density at radius 2 is 1.04 bits per heavy atom. The van der Waals surface area contributed by atoms with Gasteiger partial charge in [-0.3, -0.25) is 0 Å². The second-order valence-corrected chi connectivity index (χ2v) is 14.4. The van der Waals surface area contributed by atoms with E-state index in [1.54, 1.807) is 0 Å². The van der Waals surface area contributed by atoms with Crippen molar-refractivity contribution in [1.29, 1.82) is 0 Å². The number of nitrogens with zero attached hydrogens (tertiary/aromatic N) is 4. The number of fused-ring (bicyclic) bond motifs is 9. The molecule has 5 heteroatoms. The Labute approximate surface area is 320 Å². The zero-order valence-corrected chi connectivity index (χ0v) is 30.0. The molecule has 3 heterocycles. The minimum absolute atomic E-state index is 0.602. The average Bonchev–Trinajstić information content (AvgIpc) is 3.78. The molecule has 0 atom stereocenters. The average molecular weight is 715 g/mol. The summed E-state index contributed by atoms with van der Waals surface area (Å²) in [5, 5.41) is 11.2. The molecule has 0 radical (unpaired) electrons. The molecule has 56 heavy (non-hydrogen) atoms. The molecule has 0 amide bonds. The van der Waals surface area contributed by atoms with E-state index in [4.69, 9.17) is 19.4 Å². The molecule has 3 aromatic heterocycles. The molecular weight excluding hydrogens is 685 g/mol. The van der Waals surface area contributed by atoms with E-state index in [0.29, 0.717) is 17.5 Å². The monoisotopic (exact) mass is 714 g/mol. The normalized spacial score (nSPS) is 11.9. The van der Waals surface area contributed by atoms with Crippen LogP contribution in [0.2, 0.25) is 0 Å². The largest absolute Gasteiger partial charge is 0.456 e. The van der Waals surface area contributed by atoms with E-state index < -0.39 is 0 Å². The molecule has 0 unspecified atom stereocenters. The topological polar surface area (TPSA) is 56.7 Å². The van der Waals surface area contributed by atoms with Gasteiger partial charge in [-0.2, -0.15) is 0 Å². The van der Waals surface area contributed by atoms with Crippen LogP contribution in [0.5, 0.6) is 0 Å². The molecule has 12 aromatic rings. The third-order valence-electron chi connectivity index (χ3n) is 11.2. The van der Waals surface area contributed by atoms with Crippen LogP contribution in [0.15, 0.2) is 186 Å². The summed E-state index contributed by atoms with van der Waals surface area (Å²) in [6.45, 7) is 0. The number of para-hydroxylation sites is 1.